The summed E-state index contributed by atoms with van der Waals surface area (Å²) in [5, 5.41) is 0. The highest BCUT2D eigenvalue weighted by Gasteiger charge is 2.15. The highest BCUT2D eigenvalue weighted by Crippen LogP contribution is 2.08. The van der Waals surface area contributed by atoms with Crippen LogP contribution in [-0.4, -0.2) is 55.1 Å². The average Bonchev–Trinajstić information content (AvgIpc) is 2.31. The maximum atomic E-state index is 10.7. The molecule has 1 saturated heterocycles. The Hall–Kier alpha value is -1.62. The molecule has 0 aliphatic carbocycles. The standard InChI is InChI=1S/C12H20N4O/c1-4-11(9-17)12(13)14-10(2)16-7-5-15(3)6-8-16/h4,9H,2,5-8H2,1,3H3,(H2,13,14)/b11-4-. The van der Waals surface area contributed by atoms with Crippen LogP contribution in [0, 0.1) is 0 Å². The molecule has 1 aliphatic rings. The molecule has 94 valence electrons. The molecule has 0 amide bonds. The number of allylic oxidation sites excluding steroid dienone is 1. The van der Waals surface area contributed by atoms with Crippen molar-refractivity contribution in [3.05, 3.63) is 24.0 Å². The van der Waals surface area contributed by atoms with Gasteiger partial charge in [-0.1, -0.05) is 12.7 Å². The Bertz CT molecular complexity index is 352. The monoisotopic (exact) mass is 236 g/mol. The smallest absolute Gasteiger partial charge is 0.153 e. The number of carbonyl (C=O) groups is 1. The van der Waals surface area contributed by atoms with Gasteiger partial charge in [0.05, 0.1) is 5.57 Å². The van der Waals surface area contributed by atoms with Crippen LogP contribution in [0.3, 0.4) is 0 Å². The van der Waals surface area contributed by atoms with Crippen LogP contribution in [0.15, 0.2) is 29.0 Å². The summed E-state index contributed by atoms with van der Waals surface area (Å²) in [6, 6.07) is 0. The summed E-state index contributed by atoms with van der Waals surface area (Å²) in [5.41, 5.74) is 6.13. The number of carbonyl (C=O) groups excluding carboxylic acids is 1. The number of nitrogens with two attached hydrogens (primary N) is 1. The van der Waals surface area contributed by atoms with Crippen LogP contribution in [0.4, 0.5) is 0 Å². The van der Waals surface area contributed by atoms with Crippen molar-refractivity contribution in [1.29, 1.82) is 0 Å². The minimum Gasteiger partial charge on any atom is -0.383 e. The lowest BCUT2D eigenvalue weighted by molar-refractivity contribution is -0.104. The fourth-order valence-corrected chi connectivity index (χ4v) is 1.62. The van der Waals surface area contributed by atoms with E-state index in [0.29, 0.717) is 17.7 Å². The maximum absolute atomic E-state index is 10.7. The lowest BCUT2D eigenvalue weighted by Crippen LogP contribution is -2.43. The third-order valence-corrected chi connectivity index (χ3v) is 2.85. The number of nitrogens with zero attached hydrogens (tertiary/aromatic N) is 3. The molecule has 0 spiro atoms. The predicted molar refractivity (Wildman–Crippen MR) is 69.7 cm³/mol. The van der Waals surface area contributed by atoms with Crippen LogP contribution in [0.5, 0.6) is 0 Å². The number of rotatable bonds is 4. The molecule has 0 saturated carbocycles. The summed E-state index contributed by atoms with van der Waals surface area (Å²) in [7, 11) is 2.09. The molecule has 0 atom stereocenters. The molecule has 0 aromatic carbocycles. The second kappa shape index (κ2) is 6.20. The third-order valence-electron chi connectivity index (χ3n) is 2.85. The zero-order valence-electron chi connectivity index (χ0n) is 10.5. The van der Waals surface area contributed by atoms with Gasteiger partial charge in [0.25, 0.3) is 0 Å². The van der Waals surface area contributed by atoms with E-state index in [9.17, 15) is 4.79 Å². The normalized spacial score (nSPS) is 19.3. The molecular weight excluding hydrogens is 216 g/mol. The Labute approximate surface area is 102 Å². The first-order valence-corrected chi connectivity index (χ1v) is 5.67. The van der Waals surface area contributed by atoms with E-state index in [2.05, 4.69) is 28.4 Å². The molecule has 1 aliphatic heterocycles. The molecule has 1 heterocycles. The van der Waals surface area contributed by atoms with Crippen molar-refractivity contribution in [1.82, 2.24) is 9.80 Å². The van der Waals surface area contributed by atoms with Crippen LogP contribution >= 0.6 is 0 Å². The van der Waals surface area contributed by atoms with Gasteiger partial charge in [-0.3, -0.25) is 4.79 Å². The number of hydrogen-bond acceptors (Lipinski definition) is 4. The number of likely N-dealkylation sites (N-methyl/N-ethyl adjacent to an activating group) is 1. The van der Waals surface area contributed by atoms with Crippen LogP contribution in [0.25, 0.3) is 0 Å². The lowest BCUT2D eigenvalue weighted by Gasteiger charge is -2.33. The largest absolute Gasteiger partial charge is 0.383 e. The van der Waals surface area contributed by atoms with Gasteiger partial charge in [0.1, 0.15) is 11.7 Å². The molecule has 0 aromatic rings. The zero-order chi connectivity index (χ0) is 12.8. The van der Waals surface area contributed by atoms with E-state index in [-0.39, 0.29) is 5.84 Å². The first kappa shape index (κ1) is 13.4. The first-order valence-electron chi connectivity index (χ1n) is 5.67. The van der Waals surface area contributed by atoms with Crippen molar-refractivity contribution in [2.45, 2.75) is 6.92 Å². The lowest BCUT2D eigenvalue weighted by atomic mass is 10.2. The van der Waals surface area contributed by atoms with Gasteiger partial charge in [0.15, 0.2) is 6.29 Å². The van der Waals surface area contributed by atoms with Gasteiger partial charge >= 0.3 is 0 Å². The highest BCUT2D eigenvalue weighted by atomic mass is 16.1. The SMILES string of the molecule is C=C(/N=C(N)\C(C=O)=C/C)N1CCN(C)CC1. The number of aliphatic imine (C=N–C) groups is 1. The van der Waals surface area contributed by atoms with Crippen molar-refractivity contribution >= 4 is 12.1 Å². The molecule has 1 fully saturated rings. The third kappa shape index (κ3) is 3.71. The average molecular weight is 236 g/mol. The highest BCUT2D eigenvalue weighted by molar-refractivity contribution is 6.12. The quantitative estimate of drug-likeness (QED) is 0.328. The van der Waals surface area contributed by atoms with E-state index in [0.717, 1.165) is 26.2 Å². The Kier molecular flexibility index (Phi) is 4.90. The Morgan fingerprint density at radius 3 is 2.41 bits per heavy atom. The van der Waals surface area contributed by atoms with E-state index in [1.165, 1.54) is 0 Å². The molecule has 5 heteroatoms. The molecule has 0 radical (unpaired) electrons. The predicted octanol–water partition coefficient (Wildman–Crippen LogP) is 0.207. The van der Waals surface area contributed by atoms with Gasteiger partial charge in [-0.25, -0.2) is 4.99 Å². The summed E-state index contributed by atoms with van der Waals surface area (Å²) in [6.07, 6.45) is 2.35. The molecule has 2 N–H and O–H groups in total. The van der Waals surface area contributed by atoms with E-state index in [1.54, 1.807) is 13.0 Å². The molecular formula is C12H20N4O. The van der Waals surface area contributed by atoms with E-state index < -0.39 is 0 Å². The van der Waals surface area contributed by atoms with Crippen molar-refractivity contribution < 1.29 is 4.79 Å². The molecule has 0 aromatic heterocycles. The first-order chi connectivity index (χ1) is 8.08. The molecule has 0 bridgehead atoms. The van der Waals surface area contributed by atoms with Crippen molar-refractivity contribution in [2.75, 3.05) is 33.2 Å². The fourth-order valence-electron chi connectivity index (χ4n) is 1.62. The van der Waals surface area contributed by atoms with E-state index >= 15 is 0 Å². The van der Waals surface area contributed by atoms with Crippen LogP contribution in [0.2, 0.25) is 0 Å². The molecule has 0 unspecified atom stereocenters. The minimum absolute atomic E-state index is 0.228. The molecule has 17 heavy (non-hydrogen) atoms. The van der Waals surface area contributed by atoms with Gasteiger partial charge in [0.2, 0.25) is 0 Å². The molecule has 5 nitrogen and oxygen atoms in total. The van der Waals surface area contributed by atoms with Crippen molar-refractivity contribution in [2.24, 2.45) is 10.7 Å². The van der Waals surface area contributed by atoms with E-state index in [4.69, 9.17) is 5.73 Å². The van der Waals surface area contributed by atoms with Crippen molar-refractivity contribution in [3.8, 4) is 0 Å². The molecule has 1 rings (SSSR count). The fraction of sp³-hybridized carbons (Fsp3) is 0.500. The van der Waals surface area contributed by atoms with Gasteiger partial charge in [0, 0.05) is 26.2 Å². The second-order valence-electron chi connectivity index (χ2n) is 4.07. The maximum Gasteiger partial charge on any atom is 0.153 e. The number of piperazine rings is 1. The Morgan fingerprint density at radius 1 is 1.35 bits per heavy atom. The summed E-state index contributed by atoms with van der Waals surface area (Å²) in [4.78, 5) is 19.2. The van der Waals surface area contributed by atoms with Crippen molar-refractivity contribution in [3.63, 3.8) is 0 Å². The summed E-state index contributed by atoms with van der Waals surface area (Å²) >= 11 is 0. The van der Waals surface area contributed by atoms with Gasteiger partial charge in [-0.15, -0.1) is 0 Å². The summed E-state index contributed by atoms with van der Waals surface area (Å²) < 4.78 is 0. The second-order valence-corrected chi connectivity index (χ2v) is 4.07. The summed E-state index contributed by atoms with van der Waals surface area (Å²) in [6.45, 7) is 9.39. The van der Waals surface area contributed by atoms with Gasteiger partial charge in [-0.05, 0) is 14.0 Å². The minimum atomic E-state index is 0.228. The Balaban J connectivity index is 2.65. The van der Waals surface area contributed by atoms with Crippen LogP contribution in [0.1, 0.15) is 6.92 Å². The zero-order valence-corrected chi connectivity index (χ0v) is 10.5. The summed E-state index contributed by atoms with van der Waals surface area (Å²) in [5.74, 6) is 0.850. The number of amidine groups is 1. The number of hydrogen-bond donors (Lipinski definition) is 1. The van der Waals surface area contributed by atoms with E-state index in [1.807, 2.05) is 0 Å². The Morgan fingerprint density at radius 2 is 1.94 bits per heavy atom. The van der Waals surface area contributed by atoms with Gasteiger partial charge < -0.3 is 15.5 Å². The van der Waals surface area contributed by atoms with Crippen LogP contribution < -0.4 is 5.73 Å². The topological polar surface area (TPSA) is 61.9 Å². The van der Waals surface area contributed by atoms with Gasteiger partial charge in [-0.2, -0.15) is 0 Å². The van der Waals surface area contributed by atoms with Crippen LogP contribution in [-0.2, 0) is 4.79 Å². The number of aldehydes is 1.